The highest BCUT2D eigenvalue weighted by Gasteiger charge is 2.27. The summed E-state index contributed by atoms with van der Waals surface area (Å²) >= 11 is 12.7. The number of hydrogen-bond acceptors (Lipinski definition) is 7. The number of rotatable bonds is 12. The lowest BCUT2D eigenvalue weighted by Gasteiger charge is -2.25. The Bertz CT molecular complexity index is 1320. The van der Waals surface area contributed by atoms with Gasteiger partial charge in [0.25, 0.3) is 0 Å². The molecule has 0 bridgehead atoms. The quantitative estimate of drug-likeness (QED) is 0.216. The summed E-state index contributed by atoms with van der Waals surface area (Å²) in [7, 11) is 4.54. The zero-order chi connectivity index (χ0) is 28.8. The second-order valence-electron chi connectivity index (χ2n) is 9.10. The van der Waals surface area contributed by atoms with Gasteiger partial charge in [0, 0.05) is 31.9 Å². The molecule has 0 N–H and O–H groups in total. The number of benzene rings is 2. The summed E-state index contributed by atoms with van der Waals surface area (Å²) in [5, 5.41) is 0.564. The first-order chi connectivity index (χ1) is 19.2. The molecule has 1 aromatic heterocycles. The number of methoxy groups -OCH3 is 2. The molecule has 1 fully saturated rings. The smallest absolute Gasteiger partial charge is 0.414 e. The van der Waals surface area contributed by atoms with Gasteiger partial charge >= 0.3 is 12.7 Å². The normalized spacial score (nSPS) is 13.5. The summed E-state index contributed by atoms with van der Waals surface area (Å²) in [5.41, 5.74) is 1.44. The van der Waals surface area contributed by atoms with E-state index in [1.165, 1.54) is 56.8 Å². The van der Waals surface area contributed by atoms with E-state index in [1.54, 1.807) is 18.2 Å². The van der Waals surface area contributed by atoms with E-state index in [1.807, 2.05) is 0 Å². The Morgan fingerprint density at radius 1 is 1.00 bits per heavy atom. The van der Waals surface area contributed by atoms with Crippen LogP contribution in [-0.4, -0.2) is 45.6 Å². The zero-order valence-electron chi connectivity index (χ0n) is 22.0. The van der Waals surface area contributed by atoms with Crippen LogP contribution in [0.25, 0.3) is 0 Å². The lowest BCUT2D eigenvalue weighted by Crippen LogP contribution is -2.29. The predicted molar refractivity (Wildman–Crippen MR) is 146 cm³/mol. The molecular weight excluding hydrogens is 569 g/mol. The fourth-order valence-electron chi connectivity index (χ4n) is 3.91. The van der Waals surface area contributed by atoms with Crippen LogP contribution in [0.2, 0.25) is 10.0 Å². The van der Waals surface area contributed by atoms with Gasteiger partial charge in [0.15, 0.2) is 23.0 Å². The lowest BCUT2D eigenvalue weighted by molar-refractivity contribution is -0.0515. The summed E-state index contributed by atoms with van der Waals surface area (Å²) < 4.78 is 53.2. The van der Waals surface area contributed by atoms with Gasteiger partial charge in [-0.25, -0.2) is 4.79 Å². The van der Waals surface area contributed by atoms with E-state index in [0.717, 1.165) is 12.8 Å². The fraction of sp³-hybridized carbons (Fsp3) is 0.357. The van der Waals surface area contributed by atoms with Crippen LogP contribution in [-0.2, 0) is 11.2 Å². The van der Waals surface area contributed by atoms with Crippen molar-refractivity contribution in [1.82, 2.24) is 4.98 Å². The average Bonchev–Trinajstić information content (AvgIpc) is 3.77. The van der Waals surface area contributed by atoms with Gasteiger partial charge in [-0.2, -0.15) is 8.78 Å². The Labute approximate surface area is 240 Å². The molecule has 1 atom stereocenters. The van der Waals surface area contributed by atoms with Crippen molar-refractivity contribution in [2.24, 2.45) is 5.92 Å². The Balaban J connectivity index is 1.66. The van der Waals surface area contributed by atoms with Crippen molar-refractivity contribution in [2.45, 2.75) is 32.0 Å². The third kappa shape index (κ3) is 7.37. The number of hydrogen-bond donors (Lipinski definition) is 0. The number of halogens is 4. The molecule has 0 unspecified atom stereocenters. The molecule has 1 amide bonds. The summed E-state index contributed by atoms with van der Waals surface area (Å²) in [6.45, 7) is -2.68. The minimum Gasteiger partial charge on any atom is -0.493 e. The van der Waals surface area contributed by atoms with E-state index in [4.69, 9.17) is 42.1 Å². The van der Waals surface area contributed by atoms with Crippen molar-refractivity contribution in [3.05, 3.63) is 70.0 Å². The molecule has 0 aliphatic heterocycles. The van der Waals surface area contributed by atoms with Crippen LogP contribution in [0.4, 0.5) is 19.3 Å². The Morgan fingerprint density at radius 2 is 1.68 bits per heavy atom. The van der Waals surface area contributed by atoms with E-state index >= 15 is 0 Å². The molecule has 1 heterocycles. The van der Waals surface area contributed by atoms with E-state index < -0.39 is 18.8 Å². The van der Waals surface area contributed by atoms with Crippen LogP contribution < -0.4 is 23.8 Å². The average molecular weight is 597 g/mol. The molecule has 2 aromatic carbocycles. The van der Waals surface area contributed by atoms with Crippen molar-refractivity contribution in [3.8, 4) is 23.0 Å². The molecule has 3 aromatic rings. The second-order valence-corrected chi connectivity index (χ2v) is 9.91. The highest BCUT2D eigenvalue weighted by atomic mass is 35.5. The van der Waals surface area contributed by atoms with Crippen molar-refractivity contribution >= 4 is 35.0 Å². The first-order valence-electron chi connectivity index (χ1n) is 12.4. The van der Waals surface area contributed by atoms with Crippen molar-refractivity contribution < 1.29 is 37.3 Å². The third-order valence-corrected chi connectivity index (χ3v) is 6.99. The van der Waals surface area contributed by atoms with Gasteiger partial charge < -0.3 is 23.7 Å². The van der Waals surface area contributed by atoms with Crippen molar-refractivity contribution in [1.29, 1.82) is 0 Å². The van der Waals surface area contributed by atoms with E-state index in [2.05, 4.69) is 9.72 Å². The highest BCUT2D eigenvalue weighted by molar-refractivity contribution is 6.35. The van der Waals surface area contributed by atoms with Crippen molar-refractivity contribution in [2.75, 3.05) is 32.8 Å². The molecule has 4 rings (SSSR count). The van der Waals surface area contributed by atoms with E-state index in [9.17, 15) is 13.6 Å². The van der Waals surface area contributed by atoms with Gasteiger partial charge in [0.2, 0.25) is 0 Å². The highest BCUT2D eigenvalue weighted by Crippen LogP contribution is 2.38. The Morgan fingerprint density at radius 3 is 2.30 bits per heavy atom. The monoisotopic (exact) mass is 596 g/mol. The largest absolute Gasteiger partial charge is 0.493 e. The molecule has 8 nitrogen and oxygen atoms in total. The molecule has 1 aliphatic rings. The molecule has 214 valence electrons. The van der Waals surface area contributed by atoms with Gasteiger partial charge in [0.05, 0.1) is 36.6 Å². The lowest BCUT2D eigenvalue weighted by atomic mass is 10.0. The fourth-order valence-corrected chi connectivity index (χ4v) is 4.43. The first kappa shape index (κ1) is 29.5. The number of carbonyl (C=O) groups is 1. The standard InChI is InChI=1S/C28H28Cl2F2N2O6/c1-34(18-7-9-22(36-2)25(11-18)37-3)28(35)40-24(12-19-20(29)13-33-14-21(19)30)17-6-8-23(39-27(31)32)26(10-17)38-15-16-4-5-16/h6-11,13-14,16,24,27H,4-5,12,15H2,1-3H3/t24-/m0/s1. The molecule has 1 aliphatic carbocycles. The van der Waals surface area contributed by atoms with Gasteiger partial charge in [-0.1, -0.05) is 29.3 Å². The number of amides is 1. The number of anilines is 1. The van der Waals surface area contributed by atoms with Gasteiger partial charge in [0.1, 0.15) is 6.10 Å². The van der Waals surface area contributed by atoms with Gasteiger partial charge in [-0.05, 0) is 54.2 Å². The maximum absolute atomic E-state index is 13.4. The van der Waals surface area contributed by atoms with Gasteiger partial charge in [-0.3, -0.25) is 9.88 Å². The first-order valence-corrected chi connectivity index (χ1v) is 13.1. The van der Waals surface area contributed by atoms with Gasteiger partial charge in [-0.15, -0.1) is 0 Å². The van der Waals surface area contributed by atoms with Crippen molar-refractivity contribution in [3.63, 3.8) is 0 Å². The zero-order valence-corrected chi connectivity index (χ0v) is 23.5. The predicted octanol–water partition coefficient (Wildman–Crippen LogP) is 7.35. The van der Waals surface area contributed by atoms with Crippen LogP contribution in [0, 0.1) is 5.92 Å². The number of ether oxygens (including phenoxy) is 5. The molecular formula is C28H28Cl2F2N2O6. The van der Waals surface area contributed by atoms with Crippen LogP contribution >= 0.6 is 23.2 Å². The molecule has 0 spiro atoms. The maximum atomic E-state index is 13.4. The van der Waals surface area contributed by atoms with Crippen LogP contribution in [0.5, 0.6) is 23.0 Å². The minimum atomic E-state index is -3.03. The number of pyridine rings is 1. The number of alkyl halides is 2. The Hall–Kier alpha value is -3.50. The molecule has 0 radical (unpaired) electrons. The summed E-state index contributed by atoms with van der Waals surface area (Å²) in [4.78, 5) is 18.6. The third-order valence-electron chi connectivity index (χ3n) is 6.34. The van der Waals surface area contributed by atoms with Crippen LogP contribution in [0.1, 0.15) is 30.1 Å². The molecule has 12 heteroatoms. The van der Waals surface area contributed by atoms with Crippen LogP contribution in [0.15, 0.2) is 48.8 Å². The SMILES string of the molecule is COc1ccc(N(C)C(=O)O[C@@H](Cc2c(Cl)cncc2Cl)c2ccc(OC(F)F)c(OCC3CC3)c2)cc1OC. The van der Waals surface area contributed by atoms with E-state index in [-0.39, 0.29) is 28.0 Å². The maximum Gasteiger partial charge on any atom is 0.414 e. The summed E-state index contributed by atoms with van der Waals surface area (Å²) in [5.74, 6) is 1.29. The minimum absolute atomic E-state index is 0.0722. The van der Waals surface area contributed by atoms with E-state index in [0.29, 0.717) is 40.8 Å². The topological polar surface area (TPSA) is 79.4 Å². The Kier molecular flexibility index (Phi) is 9.76. The second kappa shape index (κ2) is 13.2. The molecule has 40 heavy (non-hydrogen) atoms. The number of carbonyl (C=O) groups excluding carboxylic acids is 1. The van der Waals surface area contributed by atoms with Crippen LogP contribution in [0.3, 0.4) is 0 Å². The summed E-state index contributed by atoms with van der Waals surface area (Å²) in [6.07, 6.45) is 3.31. The number of aromatic nitrogens is 1. The number of nitrogens with zero attached hydrogens (tertiary/aromatic N) is 2. The molecule has 0 saturated heterocycles. The summed E-state index contributed by atoms with van der Waals surface area (Å²) in [6, 6.07) is 9.38. The molecule has 1 saturated carbocycles.